The van der Waals surface area contributed by atoms with E-state index in [1.807, 2.05) is 6.92 Å². The predicted molar refractivity (Wildman–Crippen MR) is 85.4 cm³/mol. The molecular formula is C18H27NO2. The van der Waals surface area contributed by atoms with E-state index in [9.17, 15) is 9.90 Å². The zero-order valence-electron chi connectivity index (χ0n) is 13.4. The SMILES string of the molecule is CC(C)Cc1cccc(CC(C)(C(=O)O)C2CCNC2)c1. The van der Waals surface area contributed by atoms with Gasteiger partial charge < -0.3 is 10.4 Å². The highest BCUT2D eigenvalue weighted by molar-refractivity contribution is 5.75. The van der Waals surface area contributed by atoms with Gasteiger partial charge >= 0.3 is 5.97 Å². The van der Waals surface area contributed by atoms with Gasteiger partial charge in [-0.3, -0.25) is 4.79 Å². The van der Waals surface area contributed by atoms with E-state index in [2.05, 4.69) is 43.4 Å². The van der Waals surface area contributed by atoms with Gasteiger partial charge in [0, 0.05) is 0 Å². The fourth-order valence-electron chi connectivity index (χ4n) is 3.36. The molecule has 1 aromatic rings. The molecule has 2 N–H and O–H groups in total. The normalized spacial score (nSPS) is 21.4. The van der Waals surface area contributed by atoms with Crippen molar-refractivity contribution in [2.24, 2.45) is 17.3 Å². The fraction of sp³-hybridized carbons (Fsp3) is 0.611. The van der Waals surface area contributed by atoms with Crippen LogP contribution in [0.5, 0.6) is 0 Å². The highest BCUT2D eigenvalue weighted by Gasteiger charge is 2.42. The second kappa shape index (κ2) is 6.61. The molecule has 0 spiro atoms. The summed E-state index contributed by atoms with van der Waals surface area (Å²) in [7, 11) is 0. The molecule has 1 saturated heterocycles. The first-order valence-corrected chi connectivity index (χ1v) is 7.93. The van der Waals surface area contributed by atoms with Crippen LogP contribution in [0.4, 0.5) is 0 Å². The zero-order chi connectivity index (χ0) is 15.5. The van der Waals surface area contributed by atoms with E-state index in [1.165, 1.54) is 5.56 Å². The van der Waals surface area contributed by atoms with E-state index in [1.54, 1.807) is 0 Å². The predicted octanol–water partition coefficient (Wildman–Crippen LogP) is 3.13. The summed E-state index contributed by atoms with van der Waals surface area (Å²) in [6, 6.07) is 8.44. The minimum absolute atomic E-state index is 0.212. The van der Waals surface area contributed by atoms with Gasteiger partial charge in [-0.15, -0.1) is 0 Å². The van der Waals surface area contributed by atoms with Crippen LogP contribution >= 0.6 is 0 Å². The number of carboxylic acids is 1. The Morgan fingerprint density at radius 1 is 1.43 bits per heavy atom. The van der Waals surface area contributed by atoms with Crippen LogP contribution in [0.15, 0.2) is 24.3 Å². The Morgan fingerprint density at radius 2 is 2.14 bits per heavy atom. The lowest BCUT2D eigenvalue weighted by molar-refractivity contribution is -0.151. The molecule has 1 aliphatic rings. The number of carbonyl (C=O) groups is 1. The molecule has 2 rings (SSSR count). The monoisotopic (exact) mass is 289 g/mol. The molecule has 1 fully saturated rings. The van der Waals surface area contributed by atoms with E-state index >= 15 is 0 Å². The van der Waals surface area contributed by atoms with Crippen molar-refractivity contribution in [2.45, 2.75) is 40.0 Å². The van der Waals surface area contributed by atoms with Crippen molar-refractivity contribution in [1.29, 1.82) is 0 Å². The number of hydrogen-bond acceptors (Lipinski definition) is 2. The molecule has 0 bridgehead atoms. The number of carboxylic acid groups (broad SMARTS) is 1. The molecule has 21 heavy (non-hydrogen) atoms. The van der Waals surface area contributed by atoms with Crippen molar-refractivity contribution in [3.8, 4) is 0 Å². The molecule has 0 radical (unpaired) electrons. The van der Waals surface area contributed by atoms with Crippen molar-refractivity contribution >= 4 is 5.97 Å². The largest absolute Gasteiger partial charge is 0.481 e. The molecule has 3 heteroatoms. The van der Waals surface area contributed by atoms with Gasteiger partial charge in [0.05, 0.1) is 5.41 Å². The van der Waals surface area contributed by atoms with Crippen LogP contribution < -0.4 is 5.32 Å². The first-order valence-electron chi connectivity index (χ1n) is 7.93. The molecule has 1 aliphatic heterocycles. The molecule has 0 saturated carbocycles. The summed E-state index contributed by atoms with van der Waals surface area (Å²) in [4.78, 5) is 11.8. The van der Waals surface area contributed by atoms with Crippen LogP contribution in [0, 0.1) is 17.3 Å². The van der Waals surface area contributed by atoms with Gasteiger partial charge in [0.15, 0.2) is 0 Å². The summed E-state index contributed by atoms with van der Waals surface area (Å²) in [5.41, 5.74) is 1.77. The van der Waals surface area contributed by atoms with Crippen LogP contribution in [0.1, 0.15) is 38.3 Å². The first kappa shape index (κ1) is 16.0. The average Bonchev–Trinajstić information content (AvgIpc) is 2.92. The smallest absolute Gasteiger partial charge is 0.310 e. The van der Waals surface area contributed by atoms with Gasteiger partial charge in [-0.2, -0.15) is 0 Å². The van der Waals surface area contributed by atoms with Crippen molar-refractivity contribution in [1.82, 2.24) is 5.32 Å². The third-order valence-corrected chi connectivity index (χ3v) is 4.66. The molecular weight excluding hydrogens is 262 g/mol. The maximum absolute atomic E-state index is 11.8. The van der Waals surface area contributed by atoms with Gasteiger partial charge in [-0.05, 0) is 62.2 Å². The lowest BCUT2D eigenvalue weighted by atomic mass is 9.72. The Morgan fingerprint density at radius 3 is 2.71 bits per heavy atom. The number of benzene rings is 1. The molecule has 2 atom stereocenters. The molecule has 0 aromatic heterocycles. The van der Waals surface area contributed by atoms with E-state index in [0.717, 1.165) is 31.5 Å². The Kier molecular flexibility index (Phi) is 5.04. The van der Waals surface area contributed by atoms with Crippen LogP contribution in [-0.4, -0.2) is 24.2 Å². The van der Waals surface area contributed by atoms with Gasteiger partial charge in [0.1, 0.15) is 0 Å². The van der Waals surface area contributed by atoms with E-state index < -0.39 is 11.4 Å². The average molecular weight is 289 g/mol. The minimum atomic E-state index is -0.681. The zero-order valence-corrected chi connectivity index (χ0v) is 13.4. The van der Waals surface area contributed by atoms with Gasteiger partial charge in [0.25, 0.3) is 0 Å². The number of nitrogens with one attached hydrogen (secondary N) is 1. The molecule has 0 aliphatic carbocycles. The molecule has 2 unspecified atom stereocenters. The molecule has 116 valence electrons. The second-order valence-corrected chi connectivity index (χ2v) is 7.01. The molecule has 1 aromatic carbocycles. The van der Waals surface area contributed by atoms with Gasteiger partial charge in [-0.25, -0.2) is 0 Å². The lowest BCUT2D eigenvalue weighted by Crippen LogP contribution is -2.39. The maximum Gasteiger partial charge on any atom is 0.310 e. The van der Waals surface area contributed by atoms with Crippen molar-refractivity contribution in [2.75, 3.05) is 13.1 Å². The quantitative estimate of drug-likeness (QED) is 0.846. The summed E-state index contributed by atoms with van der Waals surface area (Å²) in [5.74, 6) is 0.152. The van der Waals surface area contributed by atoms with Crippen LogP contribution in [0.2, 0.25) is 0 Å². The van der Waals surface area contributed by atoms with Crippen LogP contribution in [0.25, 0.3) is 0 Å². The van der Waals surface area contributed by atoms with Gasteiger partial charge in [-0.1, -0.05) is 38.1 Å². The third kappa shape index (κ3) is 3.85. The summed E-state index contributed by atoms with van der Waals surface area (Å²) in [5, 5.41) is 13.0. The number of aliphatic carboxylic acids is 1. The van der Waals surface area contributed by atoms with Gasteiger partial charge in [0.2, 0.25) is 0 Å². The minimum Gasteiger partial charge on any atom is -0.481 e. The second-order valence-electron chi connectivity index (χ2n) is 7.01. The topological polar surface area (TPSA) is 49.3 Å². The number of hydrogen-bond donors (Lipinski definition) is 2. The van der Waals surface area contributed by atoms with Crippen molar-refractivity contribution < 1.29 is 9.90 Å². The molecule has 0 amide bonds. The van der Waals surface area contributed by atoms with E-state index in [4.69, 9.17) is 0 Å². The van der Waals surface area contributed by atoms with E-state index in [0.29, 0.717) is 12.3 Å². The third-order valence-electron chi connectivity index (χ3n) is 4.66. The van der Waals surface area contributed by atoms with Crippen molar-refractivity contribution in [3.63, 3.8) is 0 Å². The number of rotatable bonds is 6. The van der Waals surface area contributed by atoms with Crippen LogP contribution in [0.3, 0.4) is 0 Å². The summed E-state index contributed by atoms with van der Waals surface area (Å²) in [6.45, 7) is 8.06. The first-order chi connectivity index (χ1) is 9.91. The highest BCUT2D eigenvalue weighted by Crippen LogP contribution is 2.36. The van der Waals surface area contributed by atoms with Crippen LogP contribution in [-0.2, 0) is 17.6 Å². The highest BCUT2D eigenvalue weighted by atomic mass is 16.4. The summed E-state index contributed by atoms with van der Waals surface area (Å²) >= 11 is 0. The lowest BCUT2D eigenvalue weighted by Gasteiger charge is -2.31. The molecule has 3 nitrogen and oxygen atoms in total. The Balaban J connectivity index is 2.18. The summed E-state index contributed by atoms with van der Waals surface area (Å²) < 4.78 is 0. The summed E-state index contributed by atoms with van der Waals surface area (Å²) in [6.07, 6.45) is 2.61. The fourth-order valence-corrected chi connectivity index (χ4v) is 3.36. The molecule has 1 heterocycles. The Bertz CT molecular complexity index is 492. The maximum atomic E-state index is 11.8. The Labute approximate surface area is 127 Å². The van der Waals surface area contributed by atoms with E-state index in [-0.39, 0.29) is 5.92 Å². The Hall–Kier alpha value is -1.35. The standard InChI is InChI=1S/C18H27NO2/c1-13(2)9-14-5-4-6-15(10-14)11-18(3,17(20)21)16-7-8-19-12-16/h4-6,10,13,16,19H,7-9,11-12H2,1-3H3,(H,20,21). The van der Waals surface area contributed by atoms with Crippen molar-refractivity contribution in [3.05, 3.63) is 35.4 Å².